The molecular weight excluding hydrogens is 252 g/mol. The van der Waals surface area contributed by atoms with E-state index in [0.29, 0.717) is 17.6 Å². The molecule has 1 aromatic carbocycles. The van der Waals surface area contributed by atoms with Crippen LogP contribution in [0.15, 0.2) is 18.2 Å². The average Bonchev–Trinajstić information content (AvgIpc) is 2.37. The van der Waals surface area contributed by atoms with Gasteiger partial charge in [-0.25, -0.2) is 0 Å². The minimum absolute atomic E-state index is 0.264. The van der Waals surface area contributed by atoms with E-state index in [1.807, 2.05) is 18.2 Å². The molecule has 1 fully saturated rings. The zero-order valence-corrected chi connectivity index (χ0v) is 12.9. The molecule has 0 aliphatic heterocycles. The van der Waals surface area contributed by atoms with Crippen LogP contribution in [0.25, 0.3) is 0 Å². The molecule has 0 saturated heterocycles. The summed E-state index contributed by atoms with van der Waals surface area (Å²) in [6.45, 7) is 6.33. The van der Waals surface area contributed by atoms with Gasteiger partial charge in [-0.05, 0) is 55.7 Å². The summed E-state index contributed by atoms with van der Waals surface area (Å²) >= 11 is 0. The maximum absolute atomic E-state index is 9.63. The van der Waals surface area contributed by atoms with Crippen LogP contribution in [-0.2, 0) is 0 Å². The van der Waals surface area contributed by atoms with Crippen molar-refractivity contribution in [2.24, 2.45) is 11.8 Å². The number of benzene rings is 1. The van der Waals surface area contributed by atoms with Crippen molar-refractivity contribution < 1.29 is 14.6 Å². The smallest absolute Gasteiger partial charge is 0.161 e. The SMILES string of the molecule is COc1cc([C@H](C)O)ccc1OC1CC(C)CC(C)C1. The second kappa shape index (κ2) is 6.49. The fourth-order valence-corrected chi connectivity index (χ4v) is 3.19. The quantitative estimate of drug-likeness (QED) is 0.906. The molecular formula is C17H26O3. The molecule has 3 atom stereocenters. The van der Waals surface area contributed by atoms with Crippen molar-refractivity contribution in [1.82, 2.24) is 0 Å². The number of methoxy groups -OCH3 is 1. The summed E-state index contributed by atoms with van der Waals surface area (Å²) in [5.74, 6) is 2.91. The summed E-state index contributed by atoms with van der Waals surface area (Å²) in [6, 6.07) is 5.67. The van der Waals surface area contributed by atoms with E-state index in [4.69, 9.17) is 9.47 Å². The van der Waals surface area contributed by atoms with E-state index in [0.717, 1.165) is 24.2 Å². The molecule has 1 saturated carbocycles. The van der Waals surface area contributed by atoms with E-state index in [2.05, 4.69) is 13.8 Å². The van der Waals surface area contributed by atoms with Gasteiger partial charge in [0.25, 0.3) is 0 Å². The number of hydrogen-bond donors (Lipinski definition) is 1. The zero-order valence-electron chi connectivity index (χ0n) is 12.9. The molecule has 2 rings (SSSR count). The molecule has 1 N–H and O–H groups in total. The summed E-state index contributed by atoms with van der Waals surface area (Å²) < 4.78 is 11.5. The molecule has 20 heavy (non-hydrogen) atoms. The Kier molecular flexibility index (Phi) is 4.92. The Morgan fingerprint density at radius 2 is 1.75 bits per heavy atom. The normalized spacial score (nSPS) is 27.9. The van der Waals surface area contributed by atoms with Gasteiger partial charge in [-0.15, -0.1) is 0 Å². The molecule has 0 heterocycles. The van der Waals surface area contributed by atoms with Crippen LogP contribution < -0.4 is 9.47 Å². The van der Waals surface area contributed by atoms with E-state index < -0.39 is 6.10 Å². The van der Waals surface area contributed by atoms with E-state index in [9.17, 15) is 5.11 Å². The van der Waals surface area contributed by atoms with Crippen LogP contribution in [0.5, 0.6) is 11.5 Å². The van der Waals surface area contributed by atoms with E-state index in [1.54, 1.807) is 14.0 Å². The Bertz CT molecular complexity index is 432. The van der Waals surface area contributed by atoms with Crippen LogP contribution >= 0.6 is 0 Å². The average molecular weight is 278 g/mol. The van der Waals surface area contributed by atoms with Gasteiger partial charge in [0.05, 0.1) is 19.3 Å². The molecule has 3 heteroatoms. The topological polar surface area (TPSA) is 38.7 Å². The third kappa shape index (κ3) is 3.66. The van der Waals surface area contributed by atoms with Gasteiger partial charge < -0.3 is 14.6 Å². The highest BCUT2D eigenvalue weighted by molar-refractivity contribution is 5.43. The van der Waals surface area contributed by atoms with Gasteiger partial charge in [-0.1, -0.05) is 19.9 Å². The summed E-state index contributed by atoms with van der Waals surface area (Å²) in [7, 11) is 1.64. The molecule has 1 aromatic rings. The molecule has 2 unspecified atom stereocenters. The standard InChI is InChI=1S/C17H26O3/c1-11-7-12(2)9-15(8-11)20-16-6-5-14(13(3)18)10-17(16)19-4/h5-6,10-13,15,18H,7-9H2,1-4H3/t11?,12?,13-,15?/m0/s1. The number of ether oxygens (including phenoxy) is 2. The van der Waals surface area contributed by atoms with Crippen molar-refractivity contribution in [3.8, 4) is 11.5 Å². The van der Waals surface area contributed by atoms with Crippen LogP contribution in [0, 0.1) is 11.8 Å². The molecule has 0 bridgehead atoms. The Morgan fingerprint density at radius 3 is 2.30 bits per heavy atom. The third-order valence-electron chi connectivity index (χ3n) is 4.10. The lowest BCUT2D eigenvalue weighted by Crippen LogP contribution is -2.28. The lowest BCUT2D eigenvalue weighted by molar-refractivity contribution is 0.0978. The van der Waals surface area contributed by atoms with Crippen molar-refractivity contribution >= 4 is 0 Å². The monoisotopic (exact) mass is 278 g/mol. The second-order valence-electron chi connectivity index (χ2n) is 6.24. The number of hydrogen-bond acceptors (Lipinski definition) is 3. The molecule has 3 nitrogen and oxygen atoms in total. The molecule has 0 amide bonds. The first-order valence-corrected chi connectivity index (χ1v) is 7.52. The van der Waals surface area contributed by atoms with Gasteiger partial charge in [0.1, 0.15) is 0 Å². The Hall–Kier alpha value is -1.22. The molecule has 0 radical (unpaired) electrons. The highest BCUT2D eigenvalue weighted by Gasteiger charge is 2.26. The summed E-state index contributed by atoms with van der Waals surface area (Å²) in [4.78, 5) is 0. The van der Waals surface area contributed by atoms with Gasteiger partial charge in [0.15, 0.2) is 11.5 Å². The predicted octanol–water partition coefficient (Wildman–Crippen LogP) is 3.95. The van der Waals surface area contributed by atoms with Crippen molar-refractivity contribution in [1.29, 1.82) is 0 Å². The van der Waals surface area contributed by atoms with E-state index in [-0.39, 0.29) is 6.10 Å². The number of aliphatic hydroxyl groups is 1. The third-order valence-corrected chi connectivity index (χ3v) is 4.10. The van der Waals surface area contributed by atoms with Gasteiger partial charge >= 0.3 is 0 Å². The Labute approximate surface area is 121 Å². The molecule has 1 aliphatic rings. The highest BCUT2D eigenvalue weighted by atomic mass is 16.5. The first-order valence-electron chi connectivity index (χ1n) is 7.52. The molecule has 1 aliphatic carbocycles. The van der Waals surface area contributed by atoms with Gasteiger partial charge in [-0.2, -0.15) is 0 Å². The molecule has 112 valence electrons. The molecule has 0 spiro atoms. The van der Waals surface area contributed by atoms with Crippen LogP contribution in [-0.4, -0.2) is 18.3 Å². The maximum atomic E-state index is 9.63. The van der Waals surface area contributed by atoms with Crippen LogP contribution in [0.1, 0.15) is 51.7 Å². The Morgan fingerprint density at radius 1 is 1.10 bits per heavy atom. The van der Waals surface area contributed by atoms with Crippen LogP contribution in [0.3, 0.4) is 0 Å². The summed E-state index contributed by atoms with van der Waals surface area (Å²) in [5.41, 5.74) is 0.847. The second-order valence-corrected chi connectivity index (χ2v) is 6.24. The fourth-order valence-electron chi connectivity index (χ4n) is 3.19. The lowest BCUT2D eigenvalue weighted by atomic mass is 9.82. The van der Waals surface area contributed by atoms with Gasteiger partial charge in [-0.3, -0.25) is 0 Å². The lowest BCUT2D eigenvalue weighted by Gasteiger charge is -2.32. The molecule has 0 aromatic heterocycles. The minimum Gasteiger partial charge on any atom is -0.493 e. The van der Waals surface area contributed by atoms with Crippen LogP contribution in [0.2, 0.25) is 0 Å². The van der Waals surface area contributed by atoms with Crippen molar-refractivity contribution in [3.05, 3.63) is 23.8 Å². The minimum atomic E-state index is -0.493. The van der Waals surface area contributed by atoms with Crippen molar-refractivity contribution in [2.45, 2.75) is 52.2 Å². The van der Waals surface area contributed by atoms with Crippen molar-refractivity contribution in [2.75, 3.05) is 7.11 Å². The van der Waals surface area contributed by atoms with Crippen LogP contribution in [0.4, 0.5) is 0 Å². The van der Waals surface area contributed by atoms with Gasteiger partial charge in [0.2, 0.25) is 0 Å². The number of aliphatic hydroxyl groups excluding tert-OH is 1. The number of rotatable bonds is 4. The van der Waals surface area contributed by atoms with Gasteiger partial charge in [0, 0.05) is 0 Å². The van der Waals surface area contributed by atoms with E-state index >= 15 is 0 Å². The predicted molar refractivity (Wildman–Crippen MR) is 80.2 cm³/mol. The Balaban J connectivity index is 2.12. The van der Waals surface area contributed by atoms with E-state index in [1.165, 1.54) is 6.42 Å². The zero-order chi connectivity index (χ0) is 14.7. The summed E-state index contributed by atoms with van der Waals surface area (Å²) in [5, 5.41) is 9.63. The highest BCUT2D eigenvalue weighted by Crippen LogP contribution is 2.35. The maximum Gasteiger partial charge on any atom is 0.161 e. The first-order chi connectivity index (χ1) is 9.49. The summed E-state index contributed by atoms with van der Waals surface area (Å²) in [6.07, 6.45) is 3.27. The van der Waals surface area contributed by atoms with Crippen molar-refractivity contribution in [3.63, 3.8) is 0 Å². The fraction of sp³-hybridized carbons (Fsp3) is 0.647. The first kappa shape index (κ1) is 15.2. The largest absolute Gasteiger partial charge is 0.493 e.